The minimum absolute atomic E-state index is 0.109. The highest BCUT2D eigenvalue weighted by molar-refractivity contribution is 7.92. The zero-order valence-electron chi connectivity index (χ0n) is 7.82. The summed E-state index contributed by atoms with van der Waals surface area (Å²) in [5, 5.41) is 0. The van der Waals surface area contributed by atoms with Crippen molar-refractivity contribution in [1.82, 2.24) is 0 Å². The largest absolute Gasteiger partial charge is 0.465 e. The molecule has 0 fully saturated rings. The molecule has 0 aromatic heterocycles. The fraction of sp³-hybridized carbons (Fsp3) is 0.625. The minimum Gasteiger partial charge on any atom is -0.465 e. The number of carbonyl (C=O) groups excluding carboxylic acids is 1. The highest BCUT2D eigenvalue weighted by Gasteiger charge is 2.15. The summed E-state index contributed by atoms with van der Waals surface area (Å²) in [5.41, 5.74) is 0. The van der Waals surface area contributed by atoms with Crippen LogP contribution in [0.1, 0.15) is 13.8 Å². The summed E-state index contributed by atoms with van der Waals surface area (Å²) < 4.78 is 26.8. The third kappa shape index (κ3) is 6.33. The van der Waals surface area contributed by atoms with E-state index in [1.165, 1.54) is 6.08 Å². The Labute approximate surface area is 78.5 Å². The molecule has 0 amide bonds. The van der Waals surface area contributed by atoms with Crippen LogP contribution in [0.5, 0.6) is 0 Å². The summed E-state index contributed by atoms with van der Waals surface area (Å²) >= 11 is 0. The Balaban J connectivity index is 4.10. The maximum absolute atomic E-state index is 11.1. The summed E-state index contributed by atoms with van der Waals surface area (Å²) in [7, 11) is -3.33. The molecule has 76 valence electrons. The topological polar surface area (TPSA) is 60.4 Å². The smallest absolute Gasteiger partial charge is 0.321 e. The molecule has 0 unspecified atom stereocenters. The molecular weight excluding hydrogens is 192 g/mol. The van der Waals surface area contributed by atoms with Crippen LogP contribution in [0.4, 0.5) is 0 Å². The maximum Gasteiger partial charge on any atom is 0.321 e. The third-order valence-corrected chi connectivity index (χ3v) is 2.60. The maximum atomic E-state index is 11.1. The van der Waals surface area contributed by atoms with E-state index in [0.717, 1.165) is 0 Å². The highest BCUT2D eigenvalue weighted by Crippen LogP contribution is 1.93. The van der Waals surface area contributed by atoms with E-state index in [2.05, 4.69) is 4.74 Å². The molecule has 0 heterocycles. The number of carbonyl (C=O) groups is 1. The van der Waals surface area contributed by atoms with Crippen LogP contribution in [-0.2, 0) is 19.4 Å². The van der Waals surface area contributed by atoms with Crippen molar-refractivity contribution in [2.75, 3.05) is 18.1 Å². The van der Waals surface area contributed by atoms with E-state index in [9.17, 15) is 13.2 Å². The number of hydrogen-bond donors (Lipinski definition) is 0. The van der Waals surface area contributed by atoms with E-state index >= 15 is 0 Å². The van der Waals surface area contributed by atoms with Crippen molar-refractivity contribution >= 4 is 15.8 Å². The van der Waals surface area contributed by atoms with Gasteiger partial charge in [-0.2, -0.15) is 0 Å². The molecule has 0 spiro atoms. The van der Waals surface area contributed by atoms with Crippen molar-refractivity contribution < 1.29 is 17.9 Å². The average molecular weight is 206 g/mol. The fourth-order valence-electron chi connectivity index (χ4n) is 0.684. The standard InChI is InChI=1S/C8H14O4S/c1-3-5-6-13(10,11)7-8(9)12-4-2/h3,5H,4,6-7H2,1-2H3/b5-3-. The first-order valence-corrected chi connectivity index (χ1v) is 5.81. The Morgan fingerprint density at radius 2 is 2.08 bits per heavy atom. The van der Waals surface area contributed by atoms with E-state index in [4.69, 9.17) is 0 Å². The summed E-state index contributed by atoms with van der Waals surface area (Å²) in [5.74, 6) is -1.33. The lowest BCUT2D eigenvalue weighted by molar-refractivity contribution is -0.139. The second-order valence-corrected chi connectivity index (χ2v) is 4.54. The van der Waals surface area contributed by atoms with Crippen molar-refractivity contribution in [3.8, 4) is 0 Å². The number of sulfone groups is 1. The first-order valence-electron chi connectivity index (χ1n) is 3.99. The molecule has 0 aromatic rings. The molecule has 0 aliphatic carbocycles. The molecule has 13 heavy (non-hydrogen) atoms. The van der Waals surface area contributed by atoms with E-state index in [1.807, 2.05) is 0 Å². The molecule has 5 heteroatoms. The summed E-state index contributed by atoms with van der Waals surface area (Å²) in [6.45, 7) is 3.56. The number of esters is 1. The molecule has 4 nitrogen and oxygen atoms in total. The van der Waals surface area contributed by atoms with Crippen molar-refractivity contribution in [3.63, 3.8) is 0 Å². The molecule has 0 aliphatic heterocycles. The van der Waals surface area contributed by atoms with Gasteiger partial charge in [-0.1, -0.05) is 12.2 Å². The van der Waals surface area contributed by atoms with Crippen LogP contribution in [0.25, 0.3) is 0 Å². The molecule has 0 aromatic carbocycles. The Kier molecular flexibility index (Phi) is 5.37. The van der Waals surface area contributed by atoms with E-state index in [-0.39, 0.29) is 12.4 Å². The lowest BCUT2D eigenvalue weighted by Crippen LogP contribution is -2.20. The van der Waals surface area contributed by atoms with Gasteiger partial charge in [0.2, 0.25) is 0 Å². The Hall–Kier alpha value is -0.840. The van der Waals surface area contributed by atoms with Crippen LogP contribution in [-0.4, -0.2) is 32.5 Å². The number of rotatable bonds is 5. The van der Waals surface area contributed by atoms with Gasteiger partial charge in [0.15, 0.2) is 9.84 Å². The van der Waals surface area contributed by atoms with Crippen molar-refractivity contribution in [2.45, 2.75) is 13.8 Å². The predicted octanol–water partition coefficient (Wildman–Crippen LogP) is 0.540. The number of hydrogen-bond acceptors (Lipinski definition) is 4. The zero-order chi connectivity index (χ0) is 10.3. The average Bonchev–Trinajstić information content (AvgIpc) is 2.00. The zero-order valence-corrected chi connectivity index (χ0v) is 8.63. The molecule has 0 bridgehead atoms. The second-order valence-electron chi connectivity index (χ2n) is 2.43. The van der Waals surface area contributed by atoms with Gasteiger partial charge in [-0.25, -0.2) is 8.42 Å². The van der Waals surface area contributed by atoms with Crippen molar-refractivity contribution in [3.05, 3.63) is 12.2 Å². The van der Waals surface area contributed by atoms with Crippen molar-refractivity contribution in [2.24, 2.45) is 0 Å². The van der Waals surface area contributed by atoms with Crippen molar-refractivity contribution in [1.29, 1.82) is 0 Å². The van der Waals surface area contributed by atoms with Crippen LogP contribution in [0.2, 0.25) is 0 Å². The van der Waals surface area contributed by atoms with E-state index in [1.54, 1.807) is 19.9 Å². The summed E-state index contributed by atoms with van der Waals surface area (Å²) in [4.78, 5) is 10.8. The third-order valence-electron chi connectivity index (χ3n) is 1.23. The van der Waals surface area contributed by atoms with Gasteiger partial charge < -0.3 is 4.74 Å². The lowest BCUT2D eigenvalue weighted by Gasteiger charge is -2.00. The molecular formula is C8H14O4S. The summed E-state index contributed by atoms with van der Waals surface area (Å²) in [6, 6.07) is 0. The molecule has 0 radical (unpaired) electrons. The Morgan fingerprint density at radius 1 is 1.46 bits per heavy atom. The first kappa shape index (κ1) is 12.2. The minimum atomic E-state index is -3.33. The number of ether oxygens (including phenoxy) is 1. The Morgan fingerprint density at radius 3 is 2.54 bits per heavy atom. The molecule has 0 N–H and O–H groups in total. The van der Waals surface area contributed by atoms with E-state index < -0.39 is 21.6 Å². The molecule has 0 atom stereocenters. The second kappa shape index (κ2) is 5.75. The van der Waals surface area contributed by atoms with Gasteiger partial charge in [0, 0.05) is 0 Å². The van der Waals surface area contributed by atoms with Crippen LogP contribution in [0.15, 0.2) is 12.2 Å². The van der Waals surface area contributed by atoms with Gasteiger partial charge in [0.1, 0.15) is 5.75 Å². The molecule has 0 rings (SSSR count). The van der Waals surface area contributed by atoms with Gasteiger partial charge in [-0.15, -0.1) is 0 Å². The van der Waals surface area contributed by atoms with Crippen LogP contribution in [0.3, 0.4) is 0 Å². The summed E-state index contributed by atoms with van der Waals surface area (Å²) in [6.07, 6.45) is 3.12. The number of allylic oxidation sites excluding steroid dienone is 1. The van der Waals surface area contributed by atoms with E-state index in [0.29, 0.717) is 0 Å². The monoisotopic (exact) mass is 206 g/mol. The van der Waals surface area contributed by atoms with Crippen LogP contribution < -0.4 is 0 Å². The predicted molar refractivity (Wildman–Crippen MR) is 50.1 cm³/mol. The van der Waals surface area contributed by atoms with Gasteiger partial charge in [0.25, 0.3) is 0 Å². The quantitative estimate of drug-likeness (QED) is 0.486. The molecule has 0 saturated carbocycles. The fourth-order valence-corrected chi connectivity index (χ4v) is 1.73. The van der Waals surface area contributed by atoms with Gasteiger partial charge in [-0.3, -0.25) is 4.79 Å². The van der Waals surface area contributed by atoms with Gasteiger partial charge in [0.05, 0.1) is 12.4 Å². The van der Waals surface area contributed by atoms with Crippen LogP contribution >= 0.6 is 0 Å². The molecule has 0 aliphatic rings. The normalized spacial score (nSPS) is 11.8. The van der Waals surface area contributed by atoms with Gasteiger partial charge in [-0.05, 0) is 13.8 Å². The lowest BCUT2D eigenvalue weighted by atomic mass is 10.6. The Bertz CT molecular complexity index is 277. The van der Waals surface area contributed by atoms with Crippen LogP contribution in [0, 0.1) is 0 Å². The molecule has 0 saturated heterocycles. The highest BCUT2D eigenvalue weighted by atomic mass is 32.2. The van der Waals surface area contributed by atoms with Gasteiger partial charge >= 0.3 is 5.97 Å². The SMILES string of the molecule is C/C=C\CS(=O)(=O)CC(=O)OCC. The first-order chi connectivity index (χ1) is 6.02.